The molecule has 1 aromatic heterocycles. The van der Waals surface area contributed by atoms with Crippen LogP contribution in [-0.4, -0.2) is 35.2 Å². The van der Waals surface area contributed by atoms with Gasteiger partial charge in [0.2, 0.25) is 5.88 Å². The van der Waals surface area contributed by atoms with Crippen molar-refractivity contribution in [2.24, 2.45) is 4.99 Å². The van der Waals surface area contributed by atoms with Gasteiger partial charge < -0.3 is 9.64 Å². The predicted molar refractivity (Wildman–Crippen MR) is 126 cm³/mol. The van der Waals surface area contributed by atoms with Gasteiger partial charge in [0.15, 0.2) is 0 Å². The van der Waals surface area contributed by atoms with Gasteiger partial charge in [-0.1, -0.05) is 12.1 Å². The average Bonchev–Trinajstić information content (AvgIpc) is 3.54. The molecule has 176 valence electrons. The van der Waals surface area contributed by atoms with Gasteiger partial charge in [0, 0.05) is 30.9 Å². The van der Waals surface area contributed by atoms with Crippen molar-refractivity contribution >= 4 is 12.1 Å². The molecule has 8 heteroatoms. The van der Waals surface area contributed by atoms with E-state index in [4.69, 9.17) is 4.74 Å². The van der Waals surface area contributed by atoms with E-state index in [2.05, 4.69) is 9.98 Å². The van der Waals surface area contributed by atoms with E-state index in [9.17, 15) is 18.8 Å². The van der Waals surface area contributed by atoms with Gasteiger partial charge in [-0.25, -0.2) is 13.8 Å². The topological polar surface area (TPSA) is 78.6 Å². The molecule has 1 aliphatic carbocycles. The van der Waals surface area contributed by atoms with E-state index in [-0.39, 0.29) is 29.1 Å². The zero-order valence-corrected chi connectivity index (χ0v) is 19.1. The van der Waals surface area contributed by atoms with Crippen molar-refractivity contribution in [2.45, 2.75) is 38.7 Å². The summed E-state index contributed by atoms with van der Waals surface area (Å²) in [5, 5.41) is 9.20. The van der Waals surface area contributed by atoms with Crippen LogP contribution in [0.2, 0.25) is 0 Å². The Bertz CT molecular complexity index is 1390. The van der Waals surface area contributed by atoms with Gasteiger partial charge in [-0.3, -0.25) is 9.79 Å². The van der Waals surface area contributed by atoms with Crippen LogP contribution in [0.3, 0.4) is 0 Å². The molecule has 2 aliphatic rings. The van der Waals surface area contributed by atoms with E-state index >= 15 is 0 Å². The van der Waals surface area contributed by atoms with E-state index in [0.717, 1.165) is 35.6 Å². The summed E-state index contributed by atoms with van der Waals surface area (Å²) >= 11 is 0. The lowest BCUT2D eigenvalue weighted by molar-refractivity contribution is 0.0777. The van der Waals surface area contributed by atoms with E-state index in [1.54, 1.807) is 42.4 Å². The SMILES string of the molecule is CN(Cc1ccc(CF)c2c1CN=C2)C(=O)c1ccc(-c2cc(F)cc(C#N)c2)c(OC2CC2)n1. The number of hydrogen-bond acceptors (Lipinski definition) is 5. The van der Waals surface area contributed by atoms with Gasteiger partial charge in [0.25, 0.3) is 5.91 Å². The van der Waals surface area contributed by atoms with Crippen LogP contribution in [0.1, 0.15) is 51.1 Å². The lowest BCUT2D eigenvalue weighted by atomic mass is 9.98. The number of aromatic nitrogens is 1. The summed E-state index contributed by atoms with van der Waals surface area (Å²) in [6.45, 7) is 0.213. The molecule has 0 saturated heterocycles. The zero-order chi connectivity index (χ0) is 24.5. The van der Waals surface area contributed by atoms with Crippen LogP contribution in [0, 0.1) is 17.1 Å². The summed E-state index contributed by atoms with van der Waals surface area (Å²) in [4.78, 5) is 23.5. The molecule has 2 heterocycles. The van der Waals surface area contributed by atoms with Crippen molar-refractivity contribution in [2.75, 3.05) is 7.05 Å². The fourth-order valence-corrected chi connectivity index (χ4v) is 4.14. The van der Waals surface area contributed by atoms with E-state index in [0.29, 0.717) is 29.8 Å². The molecular weight excluding hydrogens is 450 g/mol. The van der Waals surface area contributed by atoms with Crippen LogP contribution >= 0.6 is 0 Å². The Balaban J connectivity index is 1.43. The number of nitriles is 1. The van der Waals surface area contributed by atoms with Gasteiger partial charge in [-0.15, -0.1) is 0 Å². The molecule has 1 aliphatic heterocycles. The molecule has 35 heavy (non-hydrogen) atoms. The predicted octanol–water partition coefficient (Wildman–Crippen LogP) is 4.97. The fraction of sp³-hybridized carbons (Fsp3) is 0.259. The molecular formula is C27H22F2N4O2. The number of alkyl halides is 1. The van der Waals surface area contributed by atoms with Crippen molar-refractivity contribution in [3.05, 3.63) is 81.8 Å². The minimum Gasteiger partial charge on any atom is -0.474 e. The van der Waals surface area contributed by atoms with E-state index in [1.807, 2.05) is 12.1 Å². The molecule has 2 aromatic carbocycles. The first-order valence-corrected chi connectivity index (χ1v) is 11.3. The number of amides is 1. The van der Waals surface area contributed by atoms with Crippen molar-refractivity contribution in [1.82, 2.24) is 9.88 Å². The molecule has 0 N–H and O–H groups in total. The monoisotopic (exact) mass is 472 g/mol. The number of hydrogen-bond donors (Lipinski definition) is 0. The molecule has 3 aromatic rings. The molecule has 0 radical (unpaired) electrons. The minimum absolute atomic E-state index is 0.00457. The number of carbonyl (C=O) groups excluding carboxylic acids is 1. The molecule has 5 rings (SSSR count). The number of halogens is 2. The maximum atomic E-state index is 14.1. The third kappa shape index (κ3) is 4.62. The van der Waals surface area contributed by atoms with Crippen LogP contribution in [0.15, 0.2) is 47.5 Å². The fourth-order valence-electron chi connectivity index (χ4n) is 4.14. The van der Waals surface area contributed by atoms with Crippen LogP contribution in [0.25, 0.3) is 11.1 Å². The lowest BCUT2D eigenvalue weighted by Crippen LogP contribution is -2.27. The van der Waals surface area contributed by atoms with E-state index in [1.165, 1.54) is 6.07 Å². The van der Waals surface area contributed by atoms with Gasteiger partial charge in [-0.05, 0) is 65.4 Å². The summed E-state index contributed by atoms with van der Waals surface area (Å²) in [5.41, 5.74) is 4.57. The average molecular weight is 472 g/mol. The smallest absolute Gasteiger partial charge is 0.272 e. The highest BCUT2D eigenvalue weighted by Gasteiger charge is 2.27. The van der Waals surface area contributed by atoms with E-state index < -0.39 is 12.5 Å². The van der Waals surface area contributed by atoms with Crippen molar-refractivity contribution in [3.63, 3.8) is 0 Å². The second kappa shape index (κ2) is 9.26. The molecule has 1 saturated carbocycles. The molecule has 0 spiro atoms. The molecule has 1 fully saturated rings. The summed E-state index contributed by atoms with van der Waals surface area (Å²) in [6, 6.07) is 12.8. The number of ether oxygens (including phenoxy) is 1. The third-order valence-electron chi connectivity index (χ3n) is 6.13. The van der Waals surface area contributed by atoms with Gasteiger partial charge in [0.1, 0.15) is 24.3 Å². The standard InChI is InChI=1S/C27H22F2N4O2/c1-33(15-18-3-2-17(11-28)23-13-31-14-24(18)23)27(34)25-7-6-22(26(32-25)35-21-4-5-21)19-8-16(12-30)9-20(29)10-19/h2-3,6-10,13,21H,4-5,11,14-15H2,1H3. The second-order valence-corrected chi connectivity index (χ2v) is 8.75. The number of carbonyl (C=O) groups is 1. The summed E-state index contributed by atoms with van der Waals surface area (Å²) in [7, 11) is 1.68. The van der Waals surface area contributed by atoms with Gasteiger partial charge in [-0.2, -0.15) is 5.26 Å². The minimum atomic E-state index is -0.565. The Morgan fingerprint density at radius 2 is 2.00 bits per heavy atom. The summed E-state index contributed by atoms with van der Waals surface area (Å²) < 4.78 is 33.3. The first kappa shape index (κ1) is 22.7. The Morgan fingerprint density at radius 3 is 2.74 bits per heavy atom. The van der Waals surface area contributed by atoms with Crippen molar-refractivity contribution in [1.29, 1.82) is 5.26 Å². The Kier molecular flexibility index (Phi) is 6.00. The van der Waals surface area contributed by atoms with Crippen LogP contribution in [-0.2, 0) is 19.8 Å². The Labute approximate surface area is 201 Å². The molecule has 1 amide bonds. The molecule has 0 atom stereocenters. The number of rotatable bonds is 7. The highest BCUT2D eigenvalue weighted by atomic mass is 19.1. The number of pyridine rings is 1. The Morgan fingerprint density at radius 1 is 1.20 bits per heavy atom. The molecule has 0 unspecified atom stereocenters. The maximum Gasteiger partial charge on any atom is 0.272 e. The number of aliphatic imine (C=N–C) groups is 1. The highest BCUT2D eigenvalue weighted by molar-refractivity contribution is 5.93. The van der Waals surface area contributed by atoms with Crippen LogP contribution < -0.4 is 4.74 Å². The van der Waals surface area contributed by atoms with Gasteiger partial charge >= 0.3 is 0 Å². The number of benzene rings is 2. The quantitative estimate of drug-likeness (QED) is 0.486. The second-order valence-electron chi connectivity index (χ2n) is 8.75. The lowest BCUT2D eigenvalue weighted by Gasteiger charge is -2.20. The first-order chi connectivity index (χ1) is 17.0. The summed E-state index contributed by atoms with van der Waals surface area (Å²) in [5.74, 6) is -0.606. The van der Waals surface area contributed by atoms with Crippen molar-refractivity contribution in [3.8, 4) is 23.1 Å². The first-order valence-electron chi connectivity index (χ1n) is 11.3. The summed E-state index contributed by atoms with van der Waals surface area (Å²) in [6.07, 6.45) is 3.45. The van der Waals surface area contributed by atoms with Crippen molar-refractivity contribution < 1.29 is 18.3 Å². The van der Waals surface area contributed by atoms with Crippen LogP contribution in [0.4, 0.5) is 8.78 Å². The maximum absolute atomic E-state index is 14.1. The highest BCUT2D eigenvalue weighted by Crippen LogP contribution is 2.35. The normalized spacial score (nSPS) is 13.9. The largest absolute Gasteiger partial charge is 0.474 e. The third-order valence-corrected chi connectivity index (χ3v) is 6.13. The molecule has 6 nitrogen and oxygen atoms in total. The van der Waals surface area contributed by atoms with Crippen LogP contribution in [0.5, 0.6) is 5.88 Å². The molecule has 0 bridgehead atoms. The Hall–Kier alpha value is -4.12. The van der Waals surface area contributed by atoms with Gasteiger partial charge in [0.05, 0.1) is 18.2 Å². The number of nitrogens with zero attached hydrogens (tertiary/aromatic N) is 4. The number of fused-ring (bicyclic) bond motifs is 1. The zero-order valence-electron chi connectivity index (χ0n) is 19.1.